The van der Waals surface area contributed by atoms with Gasteiger partial charge < -0.3 is 14.6 Å². The van der Waals surface area contributed by atoms with Crippen LogP contribution in [0, 0.1) is 19.8 Å². The van der Waals surface area contributed by atoms with Crippen LogP contribution in [-0.4, -0.2) is 50.6 Å². The quantitative estimate of drug-likeness (QED) is 0.295. The summed E-state index contributed by atoms with van der Waals surface area (Å²) in [7, 11) is 1.77. The molecule has 0 saturated heterocycles. The van der Waals surface area contributed by atoms with Crippen molar-refractivity contribution in [1.82, 2.24) is 19.6 Å². The molecular formula is C32H44N4O3. The van der Waals surface area contributed by atoms with Crippen LogP contribution in [0.25, 0.3) is 5.78 Å². The van der Waals surface area contributed by atoms with E-state index in [1.807, 2.05) is 19.9 Å². The number of aromatic nitrogens is 4. The van der Waals surface area contributed by atoms with Gasteiger partial charge in [-0.2, -0.15) is 4.98 Å². The number of aliphatic hydroxyl groups is 1. The number of aliphatic hydroxyl groups excluding tert-OH is 1. The molecule has 1 aliphatic heterocycles. The van der Waals surface area contributed by atoms with E-state index in [-0.39, 0.29) is 5.60 Å². The smallest absolute Gasteiger partial charge is 0.252 e. The molecule has 1 fully saturated rings. The van der Waals surface area contributed by atoms with Gasteiger partial charge in [0.05, 0.1) is 18.0 Å². The Kier molecular flexibility index (Phi) is 8.67. The third-order valence-corrected chi connectivity index (χ3v) is 8.83. The molecule has 7 nitrogen and oxygen atoms in total. The number of ether oxygens (including phenoxy) is 2. The van der Waals surface area contributed by atoms with Gasteiger partial charge in [-0.1, -0.05) is 38.0 Å². The van der Waals surface area contributed by atoms with Crippen molar-refractivity contribution < 1.29 is 14.6 Å². The average molecular weight is 533 g/mol. The van der Waals surface area contributed by atoms with Gasteiger partial charge in [0.1, 0.15) is 0 Å². The fourth-order valence-electron chi connectivity index (χ4n) is 6.61. The number of hydrogen-bond acceptors (Lipinski definition) is 6. The summed E-state index contributed by atoms with van der Waals surface area (Å²) in [5.74, 6) is 2.23. The largest absolute Gasteiger partial charge is 0.512 e. The molecule has 2 aliphatic rings. The van der Waals surface area contributed by atoms with Crippen LogP contribution in [0.5, 0.6) is 0 Å². The van der Waals surface area contributed by atoms with E-state index in [1.54, 1.807) is 11.6 Å². The van der Waals surface area contributed by atoms with Crippen molar-refractivity contribution in [2.45, 2.75) is 97.0 Å². The SMILES string of the molecule is CCc1ccc(CCCOC)c(CCC2(C3CCCC3)CC(O)=C(Cc3nc4nc(C)cc(C)n4n3)CO2)c1. The van der Waals surface area contributed by atoms with E-state index >= 15 is 0 Å². The molecule has 210 valence electrons. The Bertz CT molecular complexity index is 1320. The minimum absolute atomic E-state index is 0.322. The fraction of sp³-hybridized carbons (Fsp3) is 0.594. The standard InChI is InChI=1S/C32H44N4O3/c1-5-24-12-13-25(9-8-16-38-4)26(18-24)14-15-32(28-10-6-7-11-28)20-29(37)27(21-39-32)19-30-34-31-33-22(2)17-23(3)36(31)35-30/h12-13,17-18,28,37H,5-11,14-16,19-21H2,1-4H3. The van der Waals surface area contributed by atoms with E-state index in [0.717, 1.165) is 55.7 Å². The van der Waals surface area contributed by atoms with Gasteiger partial charge in [-0.25, -0.2) is 9.50 Å². The van der Waals surface area contributed by atoms with Crippen LogP contribution in [0.4, 0.5) is 0 Å². The van der Waals surface area contributed by atoms with E-state index in [9.17, 15) is 5.11 Å². The van der Waals surface area contributed by atoms with E-state index in [4.69, 9.17) is 9.47 Å². The van der Waals surface area contributed by atoms with Crippen LogP contribution in [0.3, 0.4) is 0 Å². The Labute approximate surface area is 232 Å². The van der Waals surface area contributed by atoms with Crippen LogP contribution >= 0.6 is 0 Å². The topological polar surface area (TPSA) is 81.8 Å². The van der Waals surface area contributed by atoms with Crippen molar-refractivity contribution in [1.29, 1.82) is 0 Å². The maximum Gasteiger partial charge on any atom is 0.252 e. The van der Waals surface area contributed by atoms with Crippen molar-refractivity contribution in [2.24, 2.45) is 5.92 Å². The lowest BCUT2D eigenvalue weighted by Gasteiger charge is -2.43. The van der Waals surface area contributed by atoms with E-state index in [1.165, 1.54) is 42.4 Å². The van der Waals surface area contributed by atoms with E-state index in [2.05, 4.69) is 40.2 Å². The minimum atomic E-state index is -0.322. The van der Waals surface area contributed by atoms with Crippen LogP contribution < -0.4 is 0 Å². The summed E-state index contributed by atoms with van der Waals surface area (Å²) in [5.41, 5.74) is 6.72. The van der Waals surface area contributed by atoms with Gasteiger partial charge in [-0.05, 0) is 87.5 Å². The van der Waals surface area contributed by atoms with Gasteiger partial charge in [-0.3, -0.25) is 0 Å². The minimum Gasteiger partial charge on any atom is -0.512 e. The molecule has 0 radical (unpaired) electrons. The van der Waals surface area contributed by atoms with Gasteiger partial charge in [0.2, 0.25) is 0 Å². The summed E-state index contributed by atoms with van der Waals surface area (Å²) in [5, 5.41) is 16.0. The number of fused-ring (bicyclic) bond motifs is 1. The van der Waals surface area contributed by atoms with Gasteiger partial charge in [-0.15, -0.1) is 5.10 Å². The molecule has 1 aromatic carbocycles. The second kappa shape index (κ2) is 12.2. The molecule has 1 saturated carbocycles. The second-order valence-corrected chi connectivity index (χ2v) is 11.6. The Morgan fingerprint density at radius 1 is 1.10 bits per heavy atom. The predicted molar refractivity (Wildman–Crippen MR) is 153 cm³/mol. The van der Waals surface area contributed by atoms with Crippen molar-refractivity contribution in [3.8, 4) is 0 Å². The van der Waals surface area contributed by atoms with Crippen molar-refractivity contribution in [2.75, 3.05) is 20.3 Å². The zero-order chi connectivity index (χ0) is 27.4. The molecule has 0 bridgehead atoms. The molecule has 1 aliphatic carbocycles. The first kappa shape index (κ1) is 27.8. The molecule has 5 rings (SSSR count). The monoisotopic (exact) mass is 532 g/mol. The Hall–Kier alpha value is -2.77. The maximum absolute atomic E-state index is 11.4. The fourth-order valence-corrected chi connectivity index (χ4v) is 6.61. The van der Waals surface area contributed by atoms with Crippen molar-refractivity contribution in [3.05, 3.63) is 69.5 Å². The normalized spacial score (nSPS) is 20.4. The Morgan fingerprint density at radius 2 is 1.92 bits per heavy atom. The summed E-state index contributed by atoms with van der Waals surface area (Å²) < 4.78 is 13.9. The first-order chi connectivity index (χ1) is 18.9. The van der Waals surface area contributed by atoms with Gasteiger partial charge in [0, 0.05) is 43.5 Å². The highest BCUT2D eigenvalue weighted by atomic mass is 16.5. The summed E-state index contributed by atoms with van der Waals surface area (Å²) in [6.07, 6.45) is 10.9. The van der Waals surface area contributed by atoms with Crippen LogP contribution in [0.2, 0.25) is 0 Å². The molecule has 3 aromatic rings. The summed E-state index contributed by atoms with van der Waals surface area (Å²) in [6.45, 7) is 7.40. The lowest BCUT2D eigenvalue weighted by molar-refractivity contribution is -0.0994. The molecule has 1 N–H and O–H groups in total. The lowest BCUT2D eigenvalue weighted by atomic mass is 9.76. The Morgan fingerprint density at radius 3 is 2.67 bits per heavy atom. The summed E-state index contributed by atoms with van der Waals surface area (Å²) >= 11 is 0. The van der Waals surface area contributed by atoms with Gasteiger partial charge in [0.25, 0.3) is 5.78 Å². The van der Waals surface area contributed by atoms with Crippen LogP contribution in [0.1, 0.15) is 85.8 Å². The van der Waals surface area contributed by atoms with E-state index < -0.39 is 0 Å². The Balaban J connectivity index is 1.36. The molecule has 1 unspecified atom stereocenters. The lowest BCUT2D eigenvalue weighted by Crippen LogP contribution is -2.44. The zero-order valence-electron chi connectivity index (χ0n) is 24.1. The zero-order valence-corrected chi connectivity index (χ0v) is 24.1. The van der Waals surface area contributed by atoms with Crippen LogP contribution in [-0.2, 0) is 35.2 Å². The first-order valence-electron chi connectivity index (χ1n) is 14.7. The summed E-state index contributed by atoms with van der Waals surface area (Å²) in [4.78, 5) is 9.15. The number of hydrogen-bond donors (Lipinski definition) is 1. The number of aryl methyl sites for hydroxylation is 5. The highest BCUT2D eigenvalue weighted by molar-refractivity contribution is 5.34. The van der Waals surface area contributed by atoms with E-state index in [0.29, 0.717) is 42.7 Å². The number of rotatable bonds is 11. The first-order valence-corrected chi connectivity index (χ1v) is 14.7. The highest BCUT2D eigenvalue weighted by Crippen LogP contribution is 2.45. The van der Waals surface area contributed by atoms with Crippen molar-refractivity contribution in [3.63, 3.8) is 0 Å². The predicted octanol–water partition coefficient (Wildman–Crippen LogP) is 6.22. The molecule has 1 atom stereocenters. The number of nitrogens with zero attached hydrogens (tertiary/aromatic N) is 4. The second-order valence-electron chi connectivity index (χ2n) is 11.6. The van der Waals surface area contributed by atoms with Gasteiger partial charge >= 0.3 is 0 Å². The molecule has 2 aromatic heterocycles. The molecule has 7 heteroatoms. The average Bonchev–Trinajstić information content (AvgIpc) is 3.60. The van der Waals surface area contributed by atoms with Gasteiger partial charge in [0.15, 0.2) is 5.82 Å². The van der Waals surface area contributed by atoms with Crippen molar-refractivity contribution >= 4 is 5.78 Å². The maximum atomic E-state index is 11.4. The number of benzene rings is 1. The molecule has 39 heavy (non-hydrogen) atoms. The highest BCUT2D eigenvalue weighted by Gasteiger charge is 2.44. The molecule has 0 amide bonds. The summed E-state index contributed by atoms with van der Waals surface area (Å²) in [6, 6.07) is 8.97. The molecule has 3 heterocycles. The molecular weight excluding hydrogens is 488 g/mol. The third-order valence-electron chi connectivity index (χ3n) is 8.83. The molecule has 0 spiro atoms. The third kappa shape index (κ3) is 6.20. The van der Waals surface area contributed by atoms with Crippen LogP contribution in [0.15, 0.2) is 35.6 Å². The number of methoxy groups -OCH3 is 1.